The van der Waals surface area contributed by atoms with E-state index in [-0.39, 0.29) is 0 Å². The minimum absolute atomic E-state index is 0.442. The second kappa shape index (κ2) is 3.83. The highest BCUT2D eigenvalue weighted by Gasteiger charge is 2.00. The molecule has 5 heteroatoms. The highest BCUT2D eigenvalue weighted by molar-refractivity contribution is 5.61. The summed E-state index contributed by atoms with van der Waals surface area (Å²) in [7, 11) is 0. The molecule has 0 aliphatic rings. The van der Waals surface area contributed by atoms with Crippen LogP contribution in [0.1, 0.15) is 0 Å². The average Bonchev–Trinajstić information content (AvgIpc) is 2.31. The fraction of sp³-hybridized carbons (Fsp3) is 0. The third-order valence-electron chi connectivity index (χ3n) is 1.99. The third kappa shape index (κ3) is 1.80. The van der Waals surface area contributed by atoms with Crippen molar-refractivity contribution >= 4 is 0 Å². The first-order chi connectivity index (χ1) is 7.31. The van der Waals surface area contributed by atoms with Gasteiger partial charge in [-0.1, -0.05) is 0 Å². The van der Waals surface area contributed by atoms with Crippen LogP contribution < -0.4 is 5.56 Å². The maximum absolute atomic E-state index is 11.1. The fourth-order valence-electron chi connectivity index (χ4n) is 1.25. The van der Waals surface area contributed by atoms with Crippen LogP contribution in [0.15, 0.2) is 52.9 Å². The molecule has 0 unspecified atom stereocenters. The van der Waals surface area contributed by atoms with Gasteiger partial charge in [-0.05, 0) is 23.8 Å². The van der Waals surface area contributed by atoms with Crippen molar-refractivity contribution in [3.8, 4) is 11.1 Å². The zero-order valence-electron chi connectivity index (χ0n) is 7.70. The van der Waals surface area contributed by atoms with E-state index in [0.717, 1.165) is 15.8 Å². The van der Waals surface area contributed by atoms with E-state index in [1.807, 2.05) is 0 Å². The molecular weight excluding hydrogens is 194 g/mol. The first kappa shape index (κ1) is 9.26. The molecule has 2 aromatic heterocycles. The van der Waals surface area contributed by atoms with E-state index >= 15 is 0 Å². The minimum atomic E-state index is -0.442. The van der Waals surface area contributed by atoms with Gasteiger partial charge < -0.3 is 0 Å². The summed E-state index contributed by atoms with van der Waals surface area (Å²) in [6.07, 6.45) is 4.67. The topological polar surface area (TPSA) is 64.3 Å². The number of nitroso groups, excluding NO2 is 1. The lowest BCUT2D eigenvalue weighted by Crippen LogP contribution is -2.13. The van der Waals surface area contributed by atoms with Crippen LogP contribution in [0, 0.1) is 4.91 Å². The molecule has 0 saturated heterocycles. The Morgan fingerprint density at radius 3 is 2.47 bits per heavy atom. The minimum Gasteiger partial charge on any atom is -0.267 e. The molecule has 0 radical (unpaired) electrons. The summed E-state index contributed by atoms with van der Waals surface area (Å²) in [4.78, 5) is 25.3. The highest BCUT2D eigenvalue weighted by Crippen LogP contribution is 2.15. The third-order valence-corrected chi connectivity index (χ3v) is 1.99. The summed E-state index contributed by atoms with van der Waals surface area (Å²) >= 11 is 0. The molecule has 2 heterocycles. The van der Waals surface area contributed by atoms with E-state index in [0.29, 0.717) is 0 Å². The molecule has 0 N–H and O–H groups in total. The molecule has 0 bridgehead atoms. The van der Waals surface area contributed by atoms with Crippen molar-refractivity contribution < 1.29 is 0 Å². The van der Waals surface area contributed by atoms with Crippen molar-refractivity contribution in [2.75, 3.05) is 0 Å². The molecule has 0 atom stereocenters. The number of aromatic nitrogens is 2. The molecule has 74 valence electrons. The molecule has 0 spiro atoms. The van der Waals surface area contributed by atoms with E-state index in [4.69, 9.17) is 0 Å². The van der Waals surface area contributed by atoms with Crippen molar-refractivity contribution in [3.05, 3.63) is 58.1 Å². The Morgan fingerprint density at radius 2 is 1.80 bits per heavy atom. The van der Waals surface area contributed by atoms with Crippen LogP contribution in [0.4, 0.5) is 0 Å². The largest absolute Gasteiger partial charge is 0.273 e. The number of hydrogen-bond donors (Lipinski definition) is 0. The maximum Gasteiger partial charge on any atom is 0.273 e. The number of nitrogens with zero attached hydrogens (tertiary/aromatic N) is 3. The molecule has 2 rings (SSSR count). The van der Waals surface area contributed by atoms with Crippen LogP contribution in [0.3, 0.4) is 0 Å². The first-order valence-electron chi connectivity index (χ1n) is 4.28. The molecule has 15 heavy (non-hydrogen) atoms. The summed E-state index contributed by atoms with van der Waals surface area (Å²) in [5.41, 5.74) is 1.18. The smallest absolute Gasteiger partial charge is 0.267 e. The zero-order valence-corrected chi connectivity index (χ0v) is 7.70. The van der Waals surface area contributed by atoms with Gasteiger partial charge in [-0.2, -0.15) is 4.68 Å². The van der Waals surface area contributed by atoms with E-state index in [1.165, 1.54) is 12.3 Å². The number of hydrogen-bond acceptors (Lipinski definition) is 4. The zero-order chi connectivity index (χ0) is 10.7. The molecule has 0 fully saturated rings. The van der Waals surface area contributed by atoms with Gasteiger partial charge in [0.2, 0.25) is 0 Å². The van der Waals surface area contributed by atoms with Crippen molar-refractivity contribution in [3.63, 3.8) is 0 Å². The second-order valence-corrected chi connectivity index (χ2v) is 2.92. The van der Waals surface area contributed by atoms with Gasteiger partial charge in [-0.3, -0.25) is 9.78 Å². The van der Waals surface area contributed by atoms with Gasteiger partial charge in [0.05, 0.1) is 5.29 Å². The van der Waals surface area contributed by atoms with Gasteiger partial charge in [0.15, 0.2) is 0 Å². The van der Waals surface area contributed by atoms with E-state index in [9.17, 15) is 9.70 Å². The molecule has 0 saturated carbocycles. The van der Waals surface area contributed by atoms with Crippen LogP contribution in [-0.2, 0) is 0 Å². The summed E-state index contributed by atoms with van der Waals surface area (Å²) in [6, 6.07) is 6.51. The Hall–Kier alpha value is -2.30. The Labute approximate surface area is 85.0 Å². The SMILES string of the molecule is O=Nn1cc(-c2ccncc2)ccc1=O. The van der Waals surface area contributed by atoms with Crippen molar-refractivity contribution in [1.29, 1.82) is 0 Å². The van der Waals surface area contributed by atoms with E-state index in [2.05, 4.69) is 10.3 Å². The monoisotopic (exact) mass is 201 g/mol. The van der Waals surface area contributed by atoms with Gasteiger partial charge >= 0.3 is 0 Å². The van der Waals surface area contributed by atoms with Crippen LogP contribution in [0.2, 0.25) is 0 Å². The summed E-state index contributed by atoms with van der Waals surface area (Å²) < 4.78 is 0.760. The highest BCUT2D eigenvalue weighted by atomic mass is 16.3. The predicted octanol–water partition coefficient (Wildman–Crippen LogP) is 1.44. The number of pyridine rings is 2. The fourth-order valence-corrected chi connectivity index (χ4v) is 1.25. The van der Waals surface area contributed by atoms with Gasteiger partial charge in [0.1, 0.15) is 0 Å². The molecule has 0 aliphatic heterocycles. The van der Waals surface area contributed by atoms with Crippen molar-refractivity contribution in [2.24, 2.45) is 5.29 Å². The quantitative estimate of drug-likeness (QED) is 0.690. The first-order valence-corrected chi connectivity index (χ1v) is 4.28. The Bertz CT molecular complexity index is 534. The normalized spacial score (nSPS) is 9.87. The van der Waals surface area contributed by atoms with Crippen LogP contribution in [0.5, 0.6) is 0 Å². The van der Waals surface area contributed by atoms with Crippen molar-refractivity contribution in [1.82, 2.24) is 9.66 Å². The predicted molar refractivity (Wildman–Crippen MR) is 55.1 cm³/mol. The van der Waals surface area contributed by atoms with Crippen LogP contribution >= 0.6 is 0 Å². The summed E-state index contributed by atoms with van der Waals surface area (Å²) in [5, 5.41) is 2.59. The molecular formula is C10H7N3O2. The van der Waals surface area contributed by atoms with Gasteiger partial charge in [0.25, 0.3) is 5.56 Å². The Balaban J connectivity index is 2.56. The lowest BCUT2D eigenvalue weighted by atomic mass is 10.1. The van der Waals surface area contributed by atoms with E-state index < -0.39 is 5.56 Å². The molecule has 0 amide bonds. The lowest BCUT2D eigenvalue weighted by molar-refractivity contribution is 0.819. The summed E-state index contributed by atoms with van der Waals surface area (Å²) in [5.74, 6) is 0. The molecule has 0 aromatic carbocycles. The molecule has 5 nitrogen and oxygen atoms in total. The van der Waals surface area contributed by atoms with Crippen LogP contribution in [-0.4, -0.2) is 9.66 Å². The van der Waals surface area contributed by atoms with Gasteiger partial charge in [-0.25, -0.2) is 0 Å². The van der Waals surface area contributed by atoms with Crippen molar-refractivity contribution in [2.45, 2.75) is 0 Å². The van der Waals surface area contributed by atoms with E-state index in [1.54, 1.807) is 30.6 Å². The number of rotatable bonds is 2. The summed E-state index contributed by atoms with van der Waals surface area (Å²) in [6.45, 7) is 0. The van der Waals surface area contributed by atoms with Gasteiger partial charge in [-0.15, -0.1) is 4.91 Å². The lowest BCUT2D eigenvalue weighted by Gasteiger charge is -2.00. The average molecular weight is 201 g/mol. The Kier molecular flexibility index (Phi) is 2.37. The van der Waals surface area contributed by atoms with Gasteiger partial charge in [0, 0.05) is 30.2 Å². The van der Waals surface area contributed by atoms with Crippen LogP contribution in [0.25, 0.3) is 11.1 Å². The molecule has 2 aromatic rings. The molecule has 0 aliphatic carbocycles. The second-order valence-electron chi connectivity index (χ2n) is 2.92. The Morgan fingerprint density at radius 1 is 1.07 bits per heavy atom. The maximum atomic E-state index is 11.1. The standard InChI is InChI=1S/C10H7N3O2/c14-10-2-1-9(7-13(10)12-15)8-3-5-11-6-4-8/h1-7H.